The molecule has 0 saturated carbocycles. The van der Waals surface area contributed by atoms with Gasteiger partial charge in [-0.15, -0.1) is 0 Å². The number of halogens is 1. The number of aliphatic hydroxyl groups excluding tert-OH is 1. The van der Waals surface area contributed by atoms with E-state index in [0.717, 1.165) is 24.5 Å². The molecule has 0 radical (unpaired) electrons. The smallest absolute Gasteiger partial charge is 0.312 e. The van der Waals surface area contributed by atoms with Crippen molar-refractivity contribution in [2.45, 2.75) is 30.4 Å². The summed E-state index contributed by atoms with van der Waals surface area (Å²) in [5.41, 5.74) is 0.353. The van der Waals surface area contributed by atoms with Crippen LogP contribution in [-0.4, -0.2) is 55.1 Å². The summed E-state index contributed by atoms with van der Waals surface area (Å²) in [5, 5.41) is 24.5. The van der Waals surface area contributed by atoms with Gasteiger partial charge in [0.1, 0.15) is 18.5 Å². The van der Waals surface area contributed by atoms with Gasteiger partial charge in [0.05, 0.1) is 9.82 Å². The molecule has 0 aliphatic carbocycles. The minimum absolute atomic E-state index is 0.122. The Labute approximate surface area is 179 Å². The van der Waals surface area contributed by atoms with Gasteiger partial charge in [0, 0.05) is 32.2 Å². The summed E-state index contributed by atoms with van der Waals surface area (Å²) < 4.78 is 44.9. The zero-order valence-electron chi connectivity index (χ0n) is 16.7. The summed E-state index contributed by atoms with van der Waals surface area (Å²) in [6.45, 7) is 1.11. The van der Waals surface area contributed by atoms with E-state index in [1.807, 2.05) is 0 Å². The van der Waals surface area contributed by atoms with Gasteiger partial charge in [-0.1, -0.05) is 12.1 Å². The normalized spacial score (nSPS) is 15.7. The molecule has 31 heavy (non-hydrogen) atoms. The van der Waals surface area contributed by atoms with Crippen molar-refractivity contribution in [3.63, 3.8) is 0 Å². The zero-order valence-corrected chi connectivity index (χ0v) is 17.6. The van der Waals surface area contributed by atoms with Gasteiger partial charge in [0.25, 0.3) is 0 Å². The quantitative estimate of drug-likeness (QED) is 0.417. The van der Waals surface area contributed by atoms with Crippen LogP contribution in [0, 0.1) is 15.9 Å². The van der Waals surface area contributed by atoms with Crippen LogP contribution in [-0.2, 0) is 16.6 Å². The van der Waals surface area contributed by atoms with Crippen LogP contribution in [0.15, 0.2) is 47.4 Å². The second kappa shape index (κ2) is 10.1. The third-order valence-corrected chi connectivity index (χ3v) is 6.78. The Morgan fingerprint density at radius 3 is 2.52 bits per heavy atom. The lowest BCUT2D eigenvalue weighted by Crippen LogP contribution is -2.31. The minimum atomic E-state index is -3.79. The number of aliphatic hydroxyl groups is 1. The van der Waals surface area contributed by atoms with Crippen LogP contribution < -0.4 is 10.1 Å². The summed E-state index contributed by atoms with van der Waals surface area (Å²) in [7, 11) is -3.79. The number of hydrogen-bond acceptors (Lipinski definition) is 7. The van der Waals surface area contributed by atoms with Crippen LogP contribution in [0.2, 0.25) is 0 Å². The van der Waals surface area contributed by atoms with Crippen molar-refractivity contribution >= 4 is 15.7 Å². The molecule has 1 fully saturated rings. The van der Waals surface area contributed by atoms with E-state index in [0.29, 0.717) is 19.6 Å². The van der Waals surface area contributed by atoms with Crippen molar-refractivity contribution in [2.24, 2.45) is 0 Å². The molecule has 1 heterocycles. The molecular formula is C20H24FN3O6S. The lowest BCUT2D eigenvalue weighted by atomic mass is 10.2. The molecule has 1 aliphatic heterocycles. The molecule has 2 aromatic carbocycles. The highest BCUT2D eigenvalue weighted by Gasteiger charge is 2.30. The molecule has 2 aromatic rings. The largest absolute Gasteiger partial charge is 0.484 e. The van der Waals surface area contributed by atoms with Crippen LogP contribution in [0.4, 0.5) is 10.1 Å². The first-order valence-electron chi connectivity index (χ1n) is 9.82. The Kier molecular flexibility index (Phi) is 7.55. The fourth-order valence-electron chi connectivity index (χ4n) is 3.23. The van der Waals surface area contributed by atoms with E-state index in [1.54, 1.807) is 12.1 Å². The summed E-state index contributed by atoms with van der Waals surface area (Å²) in [5.74, 6) is -0.457. The molecule has 0 spiro atoms. The number of benzene rings is 2. The maximum absolute atomic E-state index is 12.9. The van der Waals surface area contributed by atoms with E-state index in [1.165, 1.54) is 28.6 Å². The Morgan fingerprint density at radius 2 is 1.87 bits per heavy atom. The molecule has 11 heteroatoms. The Morgan fingerprint density at radius 1 is 1.19 bits per heavy atom. The van der Waals surface area contributed by atoms with Crippen molar-refractivity contribution in [3.05, 3.63) is 64.0 Å². The number of nitrogens with one attached hydrogen (secondary N) is 1. The predicted octanol–water partition coefficient (Wildman–Crippen LogP) is 2.05. The maximum Gasteiger partial charge on any atom is 0.312 e. The third kappa shape index (κ3) is 5.97. The van der Waals surface area contributed by atoms with Gasteiger partial charge in [-0.25, -0.2) is 12.8 Å². The zero-order chi connectivity index (χ0) is 22.4. The lowest BCUT2D eigenvalue weighted by molar-refractivity contribution is -0.386. The Balaban J connectivity index is 1.59. The van der Waals surface area contributed by atoms with Gasteiger partial charge in [0.2, 0.25) is 10.0 Å². The maximum atomic E-state index is 12.9. The van der Waals surface area contributed by atoms with Crippen molar-refractivity contribution in [2.75, 3.05) is 26.2 Å². The first-order valence-corrected chi connectivity index (χ1v) is 11.3. The van der Waals surface area contributed by atoms with E-state index in [9.17, 15) is 28.0 Å². The van der Waals surface area contributed by atoms with E-state index in [2.05, 4.69) is 5.32 Å². The Bertz CT molecular complexity index is 1010. The second-order valence-corrected chi connectivity index (χ2v) is 9.16. The number of nitro benzene ring substituents is 1. The predicted molar refractivity (Wildman–Crippen MR) is 111 cm³/mol. The fourth-order valence-corrected chi connectivity index (χ4v) is 4.77. The van der Waals surface area contributed by atoms with Gasteiger partial charge >= 0.3 is 5.69 Å². The SMILES string of the molecule is O=[N+]([O-])c1cc(S(=O)(=O)N2CCCC2)ccc1OC[C@@H](O)CNCc1ccc(F)cc1. The Hall–Kier alpha value is -2.60. The molecule has 0 unspecified atom stereocenters. The van der Waals surface area contributed by atoms with Gasteiger partial charge in [-0.05, 0) is 42.7 Å². The molecule has 3 rings (SSSR count). The van der Waals surface area contributed by atoms with Crippen LogP contribution in [0.5, 0.6) is 5.75 Å². The second-order valence-electron chi connectivity index (χ2n) is 7.22. The highest BCUT2D eigenvalue weighted by molar-refractivity contribution is 7.89. The van der Waals surface area contributed by atoms with E-state index < -0.39 is 26.7 Å². The molecule has 1 atom stereocenters. The van der Waals surface area contributed by atoms with Crippen molar-refractivity contribution in [3.8, 4) is 5.75 Å². The third-order valence-electron chi connectivity index (χ3n) is 4.88. The van der Waals surface area contributed by atoms with Gasteiger partial charge in [-0.3, -0.25) is 10.1 Å². The highest BCUT2D eigenvalue weighted by atomic mass is 32.2. The van der Waals surface area contributed by atoms with Gasteiger partial charge in [0.15, 0.2) is 5.75 Å². The summed E-state index contributed by atoms with van der Waals surface area (Å²) in [6, 6.07) is 9.41. The first-order chi connectivity index (χ1) is 14.8. The van der Waals surface area contributed by atoms with E-state index in [-0.39, 0.29) is 29.6 Å². The molecule has 1 aliphatic rings. The molecule has 2 N–H and O–H groups in total. The van der Waals surface area contributed by atoms with E-state index >= 15 is 0 Å². The minimum Gasteiger partial charge on any atom is -0.484 e. The molecular weight excluding hydrogens is 429 g/mol. The van der Waals surface area contributed by atoms with Crippen LogP contribution >= 0.6 is 0 Å². The number of nitrogens with zero attached hydrogens (tertiary/aromatic N) is 2. The number of ether oxygens (including phenoxy) is 1. The molecule has 168 valence electrons. The number of rotatable bonds is 10. The van der Waals surface area contributed by atoms with Crippen LogP contribution in [0.3, 0.4) is 0 Å². The summed E-state index contributed by atoms with van der Waals surface area (Å²) in [6.07, 6.45) is 0.554. The molecule has 1 saturated heterocycles. The van der Waals surface area contributed by atoms with Crippen molar-refractivity contribution < 1.29 is 27.6 Å². The average molecular weight is 453 g/mol. The first kappa shape index (κ1) is 23.1. The summed E-state index contributed by atoms with van der Waals surface area (Å²) >= 11 is 0. The number of nitro groups is 1. The van der Waals surface area contributed by atoms with E-state index in [4.69, 9.17) is 4.74 Å². The van der Waals surface area contributed by atoms with Gasteiger partial charge < -0.3 is 15.2 Å². The summed E-state index contributed by atoms with van der Waals surface area (Å²) in [4.78, 5) is 10.6. The fraction of sp³-hybridized carbons (Fsp3) is 0.400. The average Bonchev–Trinajstić information content (AvgIpc) is 3.29. The lowest BCUT2D eigenvalue weighted by Gasteiger charge is -2.16. The number of hydrogen-bond donors (Lipinski definition) is 2. The van der Waals surface area contributed by atoms with Crippen molar-refractivity contribution in [1.29, 1.82) is 0 Å². The molecule has 9 nitrogen and oxygen atoms in total. The monoisotopic (exact) mass is 453 g/mol. The van der Waals surface area contributed by atoms with Crippen molar-refractivity contribution in [1.82, 2.24) is 9.62 Å². The van der Waals surface area contributed by atoms with Crippen LogP contribution in [0.25, 0.3) is 0 Å². The standard InChI is InChI=1S/C20H24FN3O6S/c21-16-5-3-15(4-6-16)12-22-13-17(25)14-30-20-8-7-18(11-19(20)24(26)27)31(28,29)23-9-1-2-10-23/h3-8,11,17,22,25H,1-2,9-10,12-14H2/t17-/m0/s1. The highest BCUT2D eigenvalue weighted by Crippen LogP contribution is 2.31. The van der Waals surface area contributed by atoms with Crippen LogP contribution in [0.1, 0.15) is 18.4 Å². The molecule has 0 aromatic heterocycles. The molecule has 0 bridgehead atoms. The molecule has 0 amide bonds. The topological polar surface area (TPSA) is 122 Å². The van der Waals surface area contributed by atoms with Gasteiger partial charge in [-0.2, -0.15) is 4.31 Å². The number of sulfonamides is 1.